The van der Waals surface area contributed by atoms with Gasteiger partial charge in [-0.05, 0) is 54.6 Å². The molecule has 0 fully saturated rings. The average Bonchev–Trinajstić information content (AvgIpc) is 3.08. The molecule has 234 valence electrons. The Morgan fingerprint density at radius 2 is 0.977 bits per heavy atom. The first-order valence-corrected chi connectivity index (χ1v) is 13.7. The first kappa shape index (κ1) is 32.1. The van der Waals surface area contributed by atoms with E-state index in [4.69, 9.17) is 37.9 Å². The number of rotatable bonds is 14. The highest BCUT2D eigenvalue weighted by Crippen LogP contribution is 2.45. The van der Waals surface area contributed by atoms with Crippen molar-refractivity contribution in [2.24, 2.45) is 0 Å². The lowest BCUT2D eigenvalue weighted by atomic mass is 9.97. The fourth-order valence-corrected chi connectivity index (χ4v) is 5.08. The summed E-state index contributed by atoms with van der Waals surface area (Å²) >= 11 is 0. The minimum atomic E-state index is -1.21. The third-order valence-corrected chi connectivity index (χ3v) is 7.30. The van der Waals surface area contributed by atoms with Crippen molar-refractivity contribution in [3.8, 4) is 46.0 Å². The number of hydrogen-bond acceptors (Lipinski definition) is 10. The van der Waals surface area contributed by atoms with Crippen LogP contribution in [0.25, 0.3) is 0 Å². The van der Waals surface area contributed by atoms with E-state index in [1.54, 1.807) is 73.8 Å². The summed E-state index contributed by atoms with van der Waals surface area (Å²) in [5.74, 6) is 3.60. The summed E-state index contributed by atoms with van der Waals surface area (Å²) in [5.41, 5.74) is 2.41. The van der Waals surface area contributed by atoms with Crippen LogP contribution in [-0.2, 0) is 6.61 Å². The van der Waals surface area contributed by atoms with Crippen LogP contribution in [0, 0.1) is 0 Å². The Hall–Kier alpha value is -4.80. The van der Waals surface area contributed by atoms with Gasteiger partial charge in [0.25, 0.3) is 0 Å². The summed E-state index contributed by atoms with van der Waals surface area (Å²) in [6.07, 6.45) is -2.33. The molecule has 10 heteroatoms. The van der Waals surface area contributed by atoms with Crippen LogP contribution in [-0.4, -0.2) is 60.0 Å². The highest BCUT2D eigenvalue weighted by molar-refractivity contribution is 5.57. The van der Waals surface area contributed by atoms with Crippen molar-refractivity contribution in [2.45, 2.75) is 18.8 Å². The number of hydrogen-bond donors (Lipinski definition) is 2. The molecule has 2 N–H and O–H groups in total. The normalized spacial score (nSPS) is 12.1. The van der Waals surface area contributed by atoms with Crippen molar-refractivity contribution in [3.63, 3.8) is 0 Å². The predicted octanol–water partition coefficient (Wildman–Crippen LogP) is 5.49. The Labute approximate surface area is 257 Å². The fourth-order valence-electron chi connectivity index (χ4n) is 5.08. The molecule has 0 saturated carbocycles. The summed E-state index contributed by atoms with van der Waals surface area (Å²) in [6, 6.07) is 19.1. The highest BCUT2D eigenvalue weighted by Gasteiger charge is 2.28. The molecule has 0 aliphatic heterocycles. The van der Waals surface area contributed by atoms with E-state index in [1.165, 1.54) is 42.7 Å². The molecule has 2 atom stereocenters. The smallest absolute Gasteiger partial charge is 0.129 e. The summed E-state index contributed by atoms with van der Waals surface area (Å²) in [4.78, 5) is 0. The zero-order valence-corrected chi connectivity index (χ0v) is 25.9. The van der Waals surface area contributed by atoms with Crippen molar-refractivity contribution in [3.05, 3.63) is 94.5 Å². The van der Waals surface area contributed by atoms with Crippen molar-refractivity contribution >= 4 is 0 Å². The summed E-state index contributed by atoms with van der Waals surface area (Å²) in [6.45, 7) is 0.0360. The number of benzene rings is 4. The Morgan fingerprint density at radius 3 is 1.50 bits per heavy atom. The Bertz CT molecular complexity index is 1550. The molecule has 4 aromatic carbocycles. The zero-order valence-electron chi connectivity index (χ0n) is 25.9. The molecule has 2 unspecified atom stereocenters. The van der Waals surface area contributed by atoms with Crippen LogP contribution < -0.4 is 37.9 Å². The molecular formula is C34H38O10. The Balaban J connectivity index is 1.72. The summed E-state index contributed by atoms with van der Waals surface area (Å²) in [5, 5.41) is 23.1. The van der Waals surface area contributed by atoms with Gasteiger partial charge >= 0.3 is 0 Å². The standard InChI is InChI=1S/C34H38O10/c1-37-21-14-15-24(38-2)22(17-21)33(35)23-18-29(42-6)20(16-30(23)43-7)19-44-28-13-9-12-27(41-5)32(28)34(36)31-25(39-3)10-8-11-26(31)40-4/h8-18,33-36H,19H2,1-7H3. The van der Waals surface area contributed by atoms with E-state index >= 15 is 0 Å². The molecule has 0 heterocycles. The van der Waals surface area contributed by atoms with Gasteiger partial charge in [0.15, 0.2) is 0 Å². The molecule has 0 radical (unpaired) electrons. The Kier molecular flexibility index (Phi) is 10.6. The van der Waals surface area contributed by atoms with E-state index in [2.05, 4.69) is 0 Å². The lowest BCUT2D eigenvalue weighted by Gasteiger charge is -2.23. The molecule has 4 aromatic rings. The third-order valence-electron chi connectivity index (χ3n) is 7.30. The SMILES string of the molecule is COc1ccc(OC)c(C(O)c2cc(OC)c(COc3cccc(OC)c3C(O)c3c(OC)cccc3OC)cc2OC)c1. The number of aliphatic hydroxyl groups excluding tert-OH is 2. The fraction of sp³-hybridized carbons (Fsp3) is 0.294. The van der Waals surface area contributed by atoms with Crippen LogP contribution in [0.15, 0.2) is 66.7 Å². The van der Waals surface area contributed by atoms with Crippen LogP contribution in [0.2, 0.25) is 0 Å². The second-order valence-corrected chi connectivity index (χ2v) is 9.56. The van der Waals surface area contributed by atoms with E-state index in [0.29, 0.717) is 73.8 Å². The van der Waals surface area contributed by atoms with Gasteiger partial charge in [-0.1, -0.05) is 12.1 Å². The van der Waals surface area contributed by atoms with Crippen LogP contribution in [0.1, 0.15) is 40.0 Å². The van der Waals surface area contributed by atoms with Gasteiger partial charge < -0.3 is 48.1 Å². The lowest BCUT2D eigenvalue weighted by molar-refractivity contribution is 0.193. The average molecular weight is 607 g/mol. The van der Waals surface area contributed by atoms with E-state index in [1.807, 2.05) is 0 Å². The van der Waals surface area contributed by atoms with Crippen molar-refractivity contribution < 1.29 is 48.1 Å². The first-order valence-electron chi connectivity index (χ1n) is 13.7. The van der Waals surface area contributed by atoms with Gasteiger partial charge in [0.2, 0.25) is 0 Å². The topological polar surface area (TPSA) is 114 Å². The number of aliphatic hydroxyl groups is 2. The highest BCUT2D eigenvalue weighted by atomic mass is 16.5. The Morgan fingerprint density at radius 1 is 0.477 bits per heavy atom. The van der Waals surface area contributed by atoms with E-state index < -0.39 is 12.2 Å². The lowest BCUT2D eigenvalue weighted by Crippen LogP contribution is -2.10. The maximum absolute atomic E-state index is 11.7. The summed E-state index contributed by atoms with van der Waals surface area (Å²) < 4.78 is 45.2. The maximum Gasteiger partial charge on any atom is 0.129 e. The largest absolute Gasteiger partial charge is 0.497 e. The molecular weight excluding hydrogens is 568 g/mol. The van der Waals surface area contributed by atoms with E-state index in [-0.39, 0.29) is 6.61 Å². The molecule has 0 saturated heterocycles. The van der Waals surface area contributed by atoms with E-state index in [9.17, 15) is 10.2 Å². The number of ether oxygens (including phenoxy) is 8. The molecule has 0 aliphatic rings. The zero-order chi connectivity index (χ0) is 31.8. The molecule has 0 aromatic heterocycles. The third kappa shape index (κ3) is 6.41. The van der Waals surface area contributed by atoms with Gasteiger partial charge in [-0.3, -0.25) is 0 Å². The number of methoxy groups -OCH3 is 7. The summed E-state index contributed by atoms with van der Waals surface area (Å²) in [7, 11) is 10.7. The van der Waals surface area contributed by atoms with Gasteiger partial charge in [-0.15, -0.1) is 0 Å². The molecule has 0 aliphatic carbocycles. The van der Waals surface area contributed by atoms with Crippen LogP contribution in [0.4, 0.5) is 0 Å². The van der Waals surface area contributed by atoms with Crippen molar-refractivity contribution in [1.82, 2.24) is 0 Å². The second kappa shape index (κ2) is 14.6. The van der Waals surface area contributed by atoms with Gasteiger partial charge in [0.1, 0.15) is 64.8 Å². The van der Waals surface area contributed by atoms with Crippen LogP contribution in [0.3, 0.4) is 0 Å². The minimum absolute atomic E-state index is 0.0360. The van der Waals surface area contributed by atoms with Crippen molar-refractivity contribution in [1.29, 1.82) is 0 Å². The molecule has 0 bridgehead atoms. The second-order valence-electron chi connectivity index (χ2n) is 9.56. The van der Waals surface area contributed by atoms with Gasteiger partial charge in [0.05, 0.1) is 60.9 Å². The quantitative estimate of drug-likeness (QED) is 0.191. The minimum Gasteiger partial charge on any atom is -0.497 e. The monoisotopic (exact) mass is 606 g/mol. The van der Waals surface area contributed by atoms with Crippen LogP contribution in [0.5, 0.6) is 46.0 Å². The van der Waals surface area contributed by atoms with Gasteiger partial charge in [0, 0.05) is 16.7 Å². The molecule has 0 amide bonds. The van der Waals surface area contributed by atoms with Gasteiger partial charge in [-0.2, -0.15) is 0 Å². The van der Waals surface area contributed by atoms with E-state index in [0.717, 1.165) is 0 Å². The molecule has 4 rings (SSSR count). The van der Waals surface area contributed by atoms with Crippen molar-refractivity contribution in [2.75, 3.05) is 49.8 Å². The predicted molar refractivity (Wildman–Crippen MR) is 164 cm³/mol. The van der Waals surface area contributed by atoms with Gasteiger partial charge in [-0.25, -0.2) is 0 Å². The van der Waals surface area contributed by atoms with Crippen LogP contribution >= 0.6 is 0 Å². The molecule has 0 spiro atoms. The first-order chi connectivity index (χ1) is 21.3. The molecule has 44 heavy (non-hydrogen) atoms. The maximum atomic E-state index is 11.7. The molecule has 10 nitrogen and oxygen atoms in total.